The molecule has 1 aliphatic heterocycles. The molecule has 1 rings (SSSR count). The molecule has 3 nitrogen and oxygen atoms in total. The Hall–Kier alpha value is -0.120. The third kappa shape index (κ3) is 6.24. The van der Waals surface area contributed by atoms with Gasteiger partial charge in [-0.2, -0.15) is 0 Å². The molecule has 1 N–H and O–H groups in total. The van der Waals surface area contributed by atoms with Crippen molar-refractivity contribution < 1.29 is 9.84 Å². The fourth-order valence-corrected chi connectivity index (χ4v) is 3.23. The largest absolute Gasteiger partial charge is 0.395 e. The van der Waals surface area contributed by atoms with Crippen molar-refractivity contribution in [2.75, 3.05) is 32.9 Å². The minimum Gasteiger partial charge on any atom is -0.395 e. The van der Waals surface area contributed by atoms with Gasteiger partial charge in [-0.05, 0) is 18.8 Å². The molecule has 0 aromatic rings. The second kappa shape index (κ2) is 10.6. The Morgan fingerprint density at radius 1 is 1.16 bits per heavy atom. The maximum atomic E-state index is 9.21. The fourth-order valence-electron chi connectivity index (χ4n) is 3.23. The van der Waals surface area contributed by atoms with Crippen molar-refractivity contribution in [3.8, 4) is 0 Å². The van der Waals surface area contributed by atoms with Gasteiger partial charge in [-0.25, -0.2) is 0 Å². The van der Waals surface area contributed by atoms with Gasteiger partial charge >= 0.3 is 0 Å². The number of hydrogen-bond donors (Lipinski definition) is 1. The predicted octanol–water partition coefficient (Wildman–Crippen LogP) is 3.07. The van der Waals surface area contributed by atoms with Gasteiger partial charge in [-0.1, -0.05) is 46.0 Å². The van der Waals surface area contributed by atoms with Crippen LogP contribution in [0, 0.1) is 5.92 Å². The number of nitrogens with zero attached hydrogens (tertiary/aromatic N) is 1. The molecule has 19 heavy (non-hydrogen) atoms. The van der Waals surface area contributed by atoms with E-state index in [2.05, 4.69) is 18.7 Å². The van der Waals surface area contributed by atoms with Crippen LogP contribution in [0.4, 0.5) is 0 Å². The quantitative estimate of drug-likeness (QED) is 0.620. The van der Waals surface area contributed by atoms with E-state index in [-0.39, 0.29) is 6.61 Å². The molecule has 3 heteroatoms. The standard InChI is InChI=1S/C16H33NO2/c1-3-5-6-7-9-15(8-4-2)16-14-19-13-11-17(16)10-12-18/h15-16,18H,3-14H2,1-2H3. The van der Waals surface area contributed by atoms with Crippen molar-refractivity contribution >= 4 is 0 Å². The molecule has 0 saturated carbocycles. The Balaban J connectivity index is 2.45. The maximum absolute atomic E-state index is 9.21. The van der Waals surface area contributed by atoms with E-state index in [0.717, 1.165) is 32.2 Å². The topological polar surface area (TPSA) is 32.7 Å². The Kier molecular flexibility index (Phi) is 9.48. The summed E-state index contributed by atoms with van der Waals surface area (Å²) in [6, 6.07) is 0.530. The summed E-state index contributed by atoms with van der Waals surface area (Å²) in [5.74, 6) is 0.744. The Bertz CT molecular complexity index is 209. The first-order valence-corrected chi connectivity index (χ1v) is 8.26. The molecule has 0 aliphatic carbocycles. The number of morpholine rings is 1. The van der Waals surface area contributed by atoms with Gasteiger partial charge < -0.3 is 9.84 Å². The normalized spacial score (nSPS) is 22.6. The average molecular weight is 271 g/mol. The monoisotopic (exact) mass is 271 g/mol. The summed E-state index contributed by atoms with van der Waals surface area (Å²) in [5, 5.41) is 9.21. The van der Waals surface area contributed by atoms with Crippen LogP contribution in [0.2, 0.25) is 0 Å². The summed E-state index contributed by atoms with van der Waals surface area (Å²) in [6.45, 7) is 8.29. The first kappa shape index (κ1) is 16.9. The van der Waals surface area contributed by atoms with E-state index >= 15 is 0 Å². The molecule has 114 valence electrons. The Morgan fingerprint density at radius 2 is 2.00 bits per heavy atom. The summed E-state index contributed by atoms with van der Waals surface area (Å²) in [5.41, 5.74) is 0. The molecule has 0 radical (unpaired) electrons. The summed E-state index contributed by atoms with van der Waals surface area (Å²) in [7, 11) is 0. The summed E-state index contributed by atoms with van der Waals surface area (Å²) in [4.78, 5) is 2.45. The summed E-state index contributed by atoms with van der Waals surface area (Å²) in [6.07, 6.45) is 9.25. The van der Waals surface area contributed by atoms with E-state index in [0.29, 0.717) is 6.04 Å². The molecule has 0 amide bonds. The van der Waals surface area contributed by atoms with E-state index in [1.165, 1.54) is 44.9 Å². The second-order valence-corrected chi connectivity index (χ2v) is 5.80. The molecule has 0 aromatic carbocycles. The van der Waals surface area contributed by atoms with E-state index in [1.807, 2.05) is 0 Å². The highest BCUT2D eigenvalue weighted by Crippen LogP contribution is 2.25. The van der Waals surface area contributed by atoms with Crippen LogP contribution in [0.3, 0.4) is 0 Å². The number of unbranched alkanes of at least 4 members (excludes halogenated alkanes) is 3. The van der Waals surface area contributed by atoms with Crippen LogP contribution >= 0.6 is 0 Å². The predicted molar refractivity (Wildman–Crippen MR) is 80.4 cm³/mol. The highest BCUT2D eigenvalue weighted by molar-refractivity contribution is 4.82. The van der Waals surface area contributed by atoms with Crippen LogP contribution in [0.25, 0.3) is 0 Å². The lowest BCUT2D eigenvalue weighted by molar-refractivity contribution is -0.0387. The molecule has 1 saturated heterocycles. The molecular formula is C16H33NO2. The fraction of sp³-hybridized carbons (Fsp3) is 1.00. The zero-order chi connectivity index (χ0) is 13.9. The molecule has 1 heterocycles. The van der Waals surface area contributed by atoms with Crippen LogP contribution in [0.1, 0.15) is 58.8 Å². The number of aliphatic hydroxyl groups excluding tert-OH is 1. The van der Waals surface area contributed by atoms with Crippen LogP contribution in [-0.4, -0.2) is 49.0 Å². The van der Waals surface area contributed by atoms with Crippen molar-refractivity contribution in [2.24, 2.45) is 5.92 Å². The first-order chi connectivity index (χ1) is 9.33. The van der Waals surface area contributed by atoms with Crippen LogP contribution in [-0.2, 0) is 4.74 Å². The van der Waals surface area contributed by atoms with E-state index in [4.69, 9.17) is 4.74 Å². The van der Waals surface area contributed by atoms with Crippen molar-refractivity contribution in [3.05, 3.63) is 0 Å². The summed E-state index contributed by atoms with van der Waals surface area (Å²) >= 11 is 0. The highest BCUT2D eigenvalue weighted by atomic mass is 16.5. The lowest BCUT2D eigenvalue weighted by atomic mass is 9.88. The number of β-amino-alcohol motifs (C(OH)–C–C–N with tert-alkyl or cyclic N) is 1. The number of aliphatic hydroxyl groups is 1. The molecule has 1 fully saturated rings. The molecule has 0 aromatic heterocycles. The molecule has 2 atom stereocenters. The zero-order valence-electron chi connectivity index (χ0n) is 12.9. The van der Waals surface area contributed by atoms with Gasteiger partial charge in [0.25, 0.3) is 0 Å². The molecular weight excluding hydrogens is 238 g/mol. The Morgan fingerprint density at radius 3 is 2.68 bits per heavy atom. The second-order valence-electron chi connectivity index (χ2n) is 5.80. The first-order valence-electron chi connectivity index (χ1n) is 8.26. The third-order valence-electron chi connectivity index (χ3n) is 4.30. The SMILES string of the molecule is CCCCCCC(CCC)C1COCCN1CCO. The van der Waals surface area contributed by atoms with Crippen molar-refractivity contribution in [2.45, 2.75) is 64.8 Å². The lowest BCUT2D eigenvalue weighted by Gasteiger charge is -2.40. The average Bonchev–Trinajstić information content (AvgIpc) is 2.43. The molecule has 0 spiro atoms. The van der Waals surface area contributed by atoms with E-state index in [1.54, 1.807) is 0 Å². The smallest absolute Gasteiger partial charge is 0.0625 e. The van der Waals surface area contributed by atoms with Gasteiger partial charge in [-0.3, -0.25) is 4.90 Å². The van der Waals surface area contributed by atoms with Gasteiger partial charge in [0, 0.05) is 19.1 Å². The summed E-state index contributed by atoms with van der Waals surface area (Å²) < 4.78 is 5.69. The maximum Gasteiger partial charge on any atom is 0.0625 e. The molecule has 0 bridgehead atoms. The number of ether oxygens (including phenoxy) is 1. The lowest BCUT2D eigenvalue weighted by Crippen LogP contribution is -2.50. The van der Waals surface area contributed by atoms with Crippen molar-refractivity contribution in [3.63, 3.8) is 0 Å². The van der Waals surface area contributed by atoms with Gasteiger partial charge in [0.1, 0.15) is 0 Å². The van der Waals surface area contributed by atoms with Crippen LogP contribution < -0.4 is 0 Å². The van der Waals surface area contributed by atoms with Crippen LogP contribution in [0.15, 0.2) is 0 Å². The minimum absolute atomic E-state index is 0.269. The Labute approximate surface area is 119 Å². The number of hydrogen-bond acceptors (Lipinski definition) is 3. The minimum atomic E-state index is 0.269. The van der Waals surface area contributed by atoms with Gasteiger partial charge in [0.15, 0.2) is 0 Å². The van der Waals surface area contributed by atoms with Gasteiger partial charge in [0.2, 0.25) is 0 Å². The third-order valence-corrected chi connectivity index (χ3v) is 4.30. The number of rotatable bonds is 10. The van der Waals surface area contributed by atoms with Gasteiger partial charge in [0.05, 0.1) is 19.8 Å². The highest BCUT2D eigenvalue weighted by Gasteiger charge is 2.29. The van der Waals surface area contributed by atoms with Crippen LogP contribution in [0.5, 0.6) is 0 Å². The van der Waals surface area contributed by atoms with Crippen molar-refractivity contribution in [1.29, 1.82) is 0 Å². The zero-order valence-corrected chi connectivity index (χ0v) is 12.9. The van der Waals surface area contributed by atoms with E-state index < -0.39 is 0 Å². The van der Waals surface area contributed by atoms with Crippen molar-refractivity contribution in [1.82, 2.24) is 4.90 Å². The van der Waals surface area contributed by atoms with E-state index in [9.17, 15) is 5.11 Å². The van der Waals surface area contributed by atoms with Gasteiger partial charge in [-0.15, -0.1) is 0 Å². The molecule has 1 aliphatic rings. The molecule has 2 unspecified atom stereocenters.